The maximum absolute atomic E-state index is 12.5. The summed E-state index contributed by atoms with van der Waals surface area (Å²) in [5, 5.41) is 6.33. The lowest BCUT2D eigenvalue weighted by molar-refractivity contribution is 0.0940. The molecule has 0 fully saturated rings. The van der Waals surface area contributed by atoms with E-state index in [0.29, 0.717) is 36.8 Å². The molecule has 7 heteroatoms. The summed E-state index contributed by atoms with van der Waals surface area (Å²) in [6.45, 7) is 1.15. The van der Waals surface area contributed by atoms with E-state index in [-0.39, 0.29) is 5.91 Å². The summed E-state index contributed by atoms with van der Waals surface area (Å²) < 4.78 is 5.64. The van der Waals surface area contributed by atoms with Gasteiger partial charge in [0.15, 0.2) is 5.82 Å². The van der Waals surface area contributed by atoms with Crippen molar-refractivity contribution in [1.29, 1.82) is 0 Å². The minimum Gasteiger partial charge on any atom is -0.496 e. The first kappa shape index (κ1) is 18.5. The lowest BCUT2D eigenvalue weighted by Gasteiger charge is -2.20. The van der Waals surface area contributed by atoms with E-state index in [9.17, 15) is 4.79 Å². The Morgan fingerprint density at radius 3 is 2.83 bits per heavy atom. The number of amides is 1. The van der Waals surface area contributed by atoms with Crippen molar-refractivity contribution < 1.29 is 9.53 Å². The lowest BCUT2D eigenvalue weighted by atomic mass is 10.0. The van der Waals surface area contributed by atoms with E-state index in [4.69, 9.17) is 9.72 Å². The average Bonchev–Trinajstić information content (AvgIpc) is 3.25. The van der Waals surface area contributed by atoms with Crippen molar-refractivity contribution in [3.8, 4) is 17.1 Å². The molecular formula is C23H23N5O2. The van der Waals surface area contributed by atoms with Crippen molar-refractivity contribution in [1.82, 2.24) is 20.3 Å². The molecule has 3 heterocycles. The maximum Gasteiger partial charge on any atom is 0.270 e. The molecule has 1 aliphatic heterocycles. The van der Waals surface area contributed by atoms with Crippen LogP contribution in [0.5, 0.6) is 5.75 Å². The largest absolute Gasteiger partial charge is 0.496 e. The second-order valence-electron chi connectivity index (χ2n) is 7.61. The van der Waals surface area contributed by atoms with Crippen LogP contribution in [0.15, 0.2) is 36.7 Å². The Hall–Kier alpha value is -3.48. The standard InChI is InChI=1S/C23H23N5O2/c1-30-19-11-15-5-2-4-14(15)10-17(19)13-26-22-18-7-9-25-23(29)20(18)27-21(28-22)16-6-3-8-24-12-16/h3,6,8,10-12H,2,4-5,7,9,13H2,1H3,(H,25,29)(H,26,27,28). The van der Waals surface area contributed by atoms with Crippen LogP contribution in [0.2, 0.25) is 0 Å². The molecule has 7 nitrogen and oxygen atoms in total. The molecule has 0 saturated carbocycles. The number of methoxy groups -OCH3 is 1. The number of nitrogens with one attached hydrogen (secondary N) is 2. The number of nitrogens with zero attached hydrogens (tertiary/aromatic N) is 3. The molecule has 2 aliphatic rings. The van der Waals surface area contributed by atoms with Gasteiger partial charge in [0.05, 0.1) is 7.11 Å². The molecule has 0 radical (unpaired) electrons. The third-order valence-corrected chi connectivity index (χ3v) is 5.74. The van der Waals surface area contributed by atoms with E-state index in [1.165, 1.54) is 17.5 Å². The van der Waals surface area contributed by atoms with Crippen molar-refractivity contribution in [2.45, 2.75) is 32.2 Å². The predicted octanol–water partition coefficient (Wildman–Crippen LogP) is 2.93. The van der Waals surface area contributed by atoms with E-state index in [1.807, 2.05) is 12.1 Å². The number of aromatic nitrogens is 3. The van der Waals surface area contributed by atoms with Gasteiger partial charge in [0.25, 0.3) is 5.91 Å². The topological polar surface area (TPSA) is 89.0 Å². The van der Waals surface area contributed by atoms with Crippen LogP contribution in [-0.4, -0.2) is 34.5 Å². The summed E-state index contributed by atoms with van der Waals surface area (Å²) in [7, 11) is 1.71. The van der Waals surface area contributed by atoms with Gasteiger partial charge >= 0.3 is 0 Å². The molecule has 3 aromatic rings. The number of rotatable bonds is 5. The number of aryl methyl sites for hydroxylation is 2. The summed E-state index contributed by atoms with van der Waals surface area (Å²) in [5.41, 5.74) is 5.92. The fourth-order valence-corrected chi connectivity index (χ4v) is 4.22. The second kappa shape index (κ2) is 7.74. The van der Waals surface area contributed by atoms with Crippen LogP contribution in [0.4, 0.5) is 5.82 Å². The number of hydrogen-bond donors (Lipinski definition) is 2. The minimum absolute atomic E-state index is 0.165. The van der Waals surface area contributed by atoms with Gasteiger partial charge in [0.2, 0.25) is 0 Å². The summed E-state index contributed by atoms with van der Waals surface area (Å²) in [5.74, 6) is 1.90. The Kier molecular flexibility index (Phi) is 4.78. The van der Waals surface area contributed by atoms with Crippen molar-refractivity contribution >= 4 is 11.7 Å². The zero-order valence-corrected chi connectivity index (χ0v) is 16.9. The quantitative estimate of drug-likeness (QED) is 0.683. The van der Waals surface area contributed by atoms with Gasteiger partial charge in [-0.1, -0.05) is 6.07 Å². The number of benzene rings is 1. The molecule has 152 valence electrons. The number of anilines is 1. The SMILES string of the molecule is COc1cc2c(cc1CNc1nc(-c3cccnc3)nc3c1CCNC3=O)CCC2. The Morgan fingerprint density at radius 2 is 2.03 bits per heavy atom. The molecule has 0 atom stereocenters. The fraction of sp³-hybridized carbons (Fsp3) is 0.304. The number of fused-ring (bicyclic) bond motifs is 2. The first-order valence-electron chi connectivity index (χ1n) is 10.2. The predicted molar refractivity (Wildman–Crippen MR) is 114 cm³/mol. The molecule has 1 amide bonds. The van der Waals surface area contributed by atoms with Crippen LogP contribution in [0.25, 0.3) is 11.4 Å². The normalized spacial score (nSPS) is 14.6. The number of carbonyl (C=O) groups excluding carboxylic acids is 1. The van der Waals surface area contributed by atoms with E-state index < -0.39 is 0 Å². The zero-order valence-electron chi connectivity index (χ0n) is 16.9. The van der Waals surface area contributed by atoms with Crippen LogP contribution in [0, 0.1) is 0 Å². The third-order valence-electron chi connectivity index (χ3n) is 5.74. The highest BCUT2D eigenvalue weighted by atomic mass is 16.5. The van der Waals surface area contributed by atoms with E-state index >= 15 is 0 Å². The van der Waals surface area contributed by atoms with Gasteiger partial charge in [-0.05, 0) is 55.0 Å². The van der Waals surface area contributed by atoms with Gasteiger partial charge in [-0.25, -0.2) is 9.97 Å². The number of hydrogen-bond acceptors (Lipinski definition) is 6. The number of carbonyl (C=O) groups is 1. The van der Waals surface area contributed by atoms with Gasteiger partial charge in [-0.3, -0.25) is 9.78 Å². The number of ether oxygens (including phenoxy) is 1. The van der Waals surface area contributed by atoms with Crippen LogP contribution < -0.4 is 15.4 Å². The highest BCUT2D eigenvalue weighted by Crippen LogP contribution is 2.31. The molecule has 0 bridgehead atoms. The monoisotopic (exact) mass is 401 g/mol. The van der Waals surface area contributed by atoms with Crippen molar-refractivity contribution in [3.63, 3.8) is 0 Å². The molecule has 0 saturated heterocycles. The lowest BCUT2D eigenvalue weighted by Crippen LogP contribution is -2.34. The van der Waals surface area contributed by atoms with Crippen LogP contribution in [0.3, 0.4) is 0 Å². The van der Waals surface area contributed by atoms with Gasteiger partial charge in [-0.15, -0.1) is 0 Å². The van der Waals surface area contributed by atoms with Gasteiger partial charge in [-0.2, -0.15) is 0 Å². The molecule has 1 aromatic carbocycles. The molecule has 5 rings (SSSR count). The van der Waals surface area contributed by atoms with Gasteiger partial charge in [0.1, 0.15) is 17.3 Å². The molecule has 0 unspecified atom stereocenters. The van der Waals surface area contributed by atoms with E-state index in [0.717, 1.165) is 35.3 Å². The smallest absolute Gasteiger partial charge is 0.270 e. The van der Waals surface area contributed by atoms with Crippen LogP contribution in [0.1, 0.15) is 39.2 Å². The molecule has 2 N–H and O–H groups in total. The third kappa shape index (κ3) is 3.36. The maximum atomic E-state index is 12.5. The van der Waals surface area contributed by atoms with Crippen molar-refractivity contribution in [2.24, 2.45) is 0 Å². The highest BCUT2D eigenvalue weighted by molar-refractivity contribution is 5.96. The van der Waals surface area contributed by atoms with Crippen LogP contribution in [-0.2, 0) is 25.8 Å². The van der Waals surface area contributed by atoms with Crippen molar-refractivity contribution in [3.05, 3.63) is 64.6 Å². The molecule has 2 aromatic heterocycles. The van der Waals surface area contributed by atoms with Crippen molar-refractivity contribution in [2.75, 3.05) is 19.0 Å². The Bertz CT molecular complexity index is 1110. The van der Waals surface area contributed by atoms with Gasteiger partial charge < -0.3 is 15.4 Å². The summed E-state index contributed by atoms with van der Waals surface area (Å²) in [6.07, 6.45) is 7.52. The summed E-state index contributed by atoms with van der Waals surface area (Å²) in [6, 6.07) is 8.11. The summed E-state index contributed by atoms with van der Waals surface area (Å²) >= 11 is 0. The summed E-state index contributed by atoms with van der Waals surface area (Å²) in [4.78, 5) is 25.9. The fourth-order valence-electron chi connectivity index (χ4n) is 4.22. The Morgan fingerprint density at radius 1 is 1.17 bits per heavy atom. The first-order valence-corrected chi connectivity index (χ1v) is 10.2. The molecular weight excluding hydrogens is 378 g/mol. The number of pyridine rings is 1. The Labute approximate surface area is 174 Å². The second-order valence-corrected chi connectivity index (χ2v) is 7.61. The molecule has 30 heavy (non-hydrogen) atoms. The molecule has 0 spiro atoms. The van der Waals surface area contributed by atoms with E-state index in [2.05, 4.69) is 32.7 Å². The Balaban J connectivity index is 1.51. The average molecular weight is 401 g/mol. The first-order chi connectivity index (χ1) is 14.7. The zero-order chi connectivity index (χ0) is 20.5. The van der Waals surface area contributed by atoms with Crippen LogP contribution >= 0.6 is 0 Å². The molecule has 1 aliphatic carbocycles. The minimum atomic E-state index is -0.165. The van der Waals surface area contributed by atoms with E-state index in [1.54, 1.807) is 19.5 Å². The van der Waals surface area contributed by atoms with Gasteiger partial charge in [0, 0.05) is 42.2 Å². The highest BCUT2D eigenvalue weighted by Gasteiger charge is 2.24.